The summed E-state index contributed by atoms with van der Waals surface area (Å²) in [6.07, 6.45) is 0.810. The van der Waals surface area contributed by atoms with Gasteiger partial charge in [-0.3, -0.25) is 9.59 Å². The number of fused-ring (bicyclic) bond motifs is 2. The van der Waals surface area contributed by atoms with Crippen molar-refractivity contribution >= 4 is 39.9 Å². The average Bonchev–Trinajstić information content (AvgIpc) is 2.63. The molecular formula is C20H15Cl2NO3. The van der Waals surface area contributed by atoms with E-state index in [-0.39, 0.29) is 29.1 Å². The number of Topliss-reactive ketones (excluding diaryl/α,β-unsaturated/α-hetero) is 1. The van der Waals surface area contributed by atoms with Crippen molar-refractivity contribution < 1.29 is 9.63 Å². The van der Waals surface area contributed by atoms with Gasteiger partial charge in [0.05, 0.1) is 22.2 Å². The molecule has 0 amide bonds. The highest BCUT2D eigenvalue weighted by molar-refractivity contribution is 6.31. The van der Waals surface area contributed by atoms with Gasteiger partial charge >= 0.3 is 0 Å². The molecule has 132 valence electrons. The fourth-order valence-electron chi connectivity index (χ4n) is 3.66. The summed E-state index contributed by atoms with van der Waals surface area (Å²) < 4.78 is 1.57. The third-order valence-electron chi connectivity index (χ3n) is 4.86. The Bertz CT molecular complexity index is 1090. The van der Waals surface area contributed by atoms with E-state index in [2.05, 4.69) is 0 Å². The quantitative estimate of drug-likeness (QED) is 0.659. The van der Waals surface area contributed by atoms with Gasteiger partial charge in [-0.1, -0.05) is 35.3 Å². The molecule has 0 saturated heterocycles. The molecule has 1 atom stereocenters. The molecule has 6 heteroatoms. The molecule has 1 aromatic heterocycles. The normalized spacial score (nSPS) is 16.6. The van der Waals surface area contributed by atoms with Gasteiger partial charge in [-0.25, -0.2) is 0 Å². The number of halogens is 2. The molecule has 0 aliphatic heterocycles. The van der Waals surface area contributed by atoms with Gasteiger partial charge < -0.3 is 4.84 Å². The molecule has 0 bridgehead atoms. The van der Waals surface area contributed by atoms with Crippen LogP contribution in [0.4, 0.5) is 0 Å². The van der Waals surface area contributed by atoms with E-state index in [4.69, 9.17) is 28.0 Å². The maximum absolute atomic E-state index is 12.9. The molecule has 0 spiro atoms. The monoisotopic (exact) mass is 387 g/mol. The van der Waals surface area contributed by atoms with Crippen LogP contribution < -0.4 is 10.3 Å². The Kier molecular flexibility index (Phi) is 4.25. The van der Waals surface area contributed by atoms with Crippen LogP contribution in [0.3, 0.4) is 0 Å². The number of carbonyl (C=O) groups is 1. The van der Waals surface area contributed by atoms with Crippen LogP contribution in [-0.4, -0.2) is 17.6 Å². The largest absolute Gasteiger partial charge is 0.417 e. The minimum absolute atomic E-state index is 0.0298. The molecule has 0 saturated carbocycles. The minimum atomic E-state index is -0.287. The van der Waals surface area contributed by atoms with Gasteiger partial charge in [0.2, 0.25) is 5.43 Å². The zero-order valence-electron chi connectivity index (χ0n) is 14.0. The lowest BCUT2D eigenvalue weighted by atomic mass is 9.81. The van der Waals surface area contributed by atoms with Gasteiger partial charge in [-0.2, -0.15) is 4.73 Å². The molecule has 3 aromatic rings. The maximum atomic E-state index is 12.9. The van der Waals surface area contributed by atoms with Crippen molar-refractivity contribution in [3.05, 3.63) is 79.6 Å². The summed E-state index contributed by atoms with van der Waals surface area (Å²) in [6, 6.07) is 12.5. The zero-order valence-corrected chi connectivity index (χ0v) is 15.5. The van der Waals surface area contributed by atoms with Crippen LogP contribution in [0.15, 0.2) is 47.3 Å². The number of hydrogen-bond donors (Lipinski definition) is 0. The molecule has 1 aliphatic rings. The lowest BCUT2D eigenvalue weighted by Gasteiger charge is -2.27. The van der Waals surface area contributed by atoms with Crippen molar-refractivity contribution in [3.8, 4) is 0 Å². The Hall–Kier alpha value is -2.30. The van der Waals surface area contributed by atoms with E-state index in [9.17, 15) is 9.59 Å². The van der Waals surface area contributed by atoms with E-state index in [0.717, 1.165) is 5.56 Å². The number of carbonyl (C=O) groups excluding carboxylic acids is 1. The first-order valence-electron chi connectivity index (χ1n) is 8.20. The molecule has 4 rings (SSSR count). The average molecular weight is 388 g/mol. The van der Waals surface area contributed by atoms with Crippen LogP contribution in [0.2, 0.25) is 10.0 Å². The van der Waals surface area contributed by atoms with E-state index < -0.39 is 0 Å². The summed E-state index contributed by atoms with van der Waals surface area (Å²) in [5.74, 6) is -0.207. The number of hydrogen-bond acceptors (Lipinski definition) is 3. The van der Waals surface area contributed by atoms with Crippen LogP contribution in [0.1, 0.15) is 34.0 Å². The second-order valence-electron chi connectivity index (χ2n) is 6.37. The van der Waals surface area contributed by atoms with Crippen molar-refractivity contribution in [1.29, 1.82) is 0 Å². The van der Waals surface area contributed by atoms with E-state index in [1.54, 1.807) is 22.9 Å². The SMILES string of the molecule is COn1c2c(c(=O)c3cc(Cl)ccc31)C(=O)CC(c1ccc(Cl)cc1)C2. The molecule has 2 aromatic carbocycles. The van der Waals surface area contributed by atoms with Crippen molar-refractivity contribution in [1.82, 2.24) is 4.73 Å². The first-order valence-corrected chi connectivity index (χ1v) is 8.95. The minimum Gasteiger partial charge on any atom is -0.417 e. The van der Waals surface area contributed by atoms with Crippen molar-refractivity contribution in [2.45, 2.75) is 18.8 Å². The molecule has 1 unspecified atom stereocenters. The van der Waals surface area contributed by atoms with Crippen LogP contribution in [0.25, 0.3) is 10.9 Å². The molecule has 0 N–H and O–H groups in total. The second kappa shape index (κ2) is 6.45. The second-order valence-corrected chi connectivity index (χ2v) is 7.24. The summed E-state index contributed by atoms with van der Waals surface area (Å²) in [7, 11) is 1.52. The number of rotatable bonds is 2. The Balaban J connectivity index is 1.93. The number of aromatic nitrogens is 1. The summed E-state index contributed by atoms with van der Waals surface area (Å²) in [5.41, 5.74) is 2.13. The Morgan fingerprint density at radius 3 is 2.38 bits per heavy atom. The van der Waals surface area contributed by atoms with Gasteiger partial charge in [0.25, 0.3) is 0 Å². The van der Waals surface area contributed by atoms with E-state index >= 15 is 0 Å². The lowest BCUT2D eigenvalue weighted by Crippen LogP contribution is -2.32. The highest BCUT2D eigenvalue weighted by Crippen LogP contribution is 2.33. The van der Waals surface area contributed by atoms with Crippen LogP contribution >= 0.6 is 23.2 Å². The van der Waals surface area contributed by atoms with Crippen molar-refractivity contribution in [2.24, 2.45) is 0 Å². The predicted octanol–water partition coefficient (Wildman–Crippen LogP) is 4.28. The standard InChI is InChI=1S/C20H15Cl2NO3/c1-26-23-16-7-6-14(22)10-15(16)20(25)19-17(23)8-12(9-18(19)24)11-2-4-13(21)5-3-11/h2-7,10,12H,8-9H2,1H3. The molecule has 1 aliphatic carbocycles. The molecule has 0 fully saturated rings. The number of benzene rings is 2. The molecular weight excluding hydrogens is 373 g/mol. The van der Waals surface area contributed by atoms with Gasteiger partial charge in [0.1, 0.15) is 7.11 Å². The summed E-state index contributed by atoms with van der Waals surface area (Å²) in [6.45, 7) is 0. The third-order valence-corrected chi connectivity index (χ3v) is 5.34. The van der Waals surface area contributed by atoms with Gasteiger partial charge in [0.15, 0.2) is 5.78 Å². The van der Waals surface area contributed by atoms with Crippen LogP contribution in [0.5, 0.6) is 0 Å². The number of pyridine rings is 1. The smallest absolute Gasteiger partial charge is 0.200 e. The van der Waals surface area contributed by atoms with E-state index in [1.165, 1.54) is 7.11 Å². The fraction of sp³-hybridized carbons (Fsp3) is 0.200. The first kappa shape index (κ1) is 17.1. The summed E-state index contributed by atoms with van der Waals surface area (Å²) >= 11 is 12.0. The number of ketones is 1. The third kappa shape index (κ3) is 2.70. The zero-order chi connectivity index (χ0) is 18.4. The molecule has 0 radical (unpaired) electrons. The Morgan fingerprint density at radius 1 is 1.00 bits per heavy atom. The van der Waals surface area contributed by atoms with Crippen molar-refractivity contribution in [2.75, 3.05) is 7.11 Å². The highest BCUT2D eigenvalue weighted by atomic mass is 35.5. The van der Waals surface area contributed by atoms with E-state index in [0.29, 0.717) is 33.1 Å². The predicted molar refractivity (Wildman–Crippen MR) is 103 cm³/mol. The molecule has 1 heterocycles. The highest BCUT2D eigenvalue weighted by Gasteiger charge is 2.32. The van der Waals surface area contributed by atoms with Gasteiger partial charge in [-0.05, 0) is 48.2 Å². The van der Waals surface area contributed by atoms with Crippen molar-refractivity contribution in [3.63, 3.8) is 0 Å². The van der Waals surface area contributed by atoms with Gasteiger partial charge in [-0.15, -0.1) is 0 Å². The maximum Gasteiger partial charge on any atom is 0.200 e. The molecule has 4 nitrogen and oxygen atoms in total. The Labute approximate surface area is 159 Å². The Morgan fingerprint density at radius 2 is 1.69 bits per heavy atom. The topological polar surface area (TPSA) is 48.3 Å². The fourth-order valence-corrected chi connectivity index (χ4v) is 3.96. The van der Waals surface area contributed by atoms with Crippen LogP contribution in [0, 0.1) is 0 Å². The summed E-state index contributed by atoms with van der Waals surface area (Å²) in [5, 5.41) is 1.48. The van der Waals surface area contributed by atoms with Crippen LogP contribution in [-0.2, 0) is 6.42 Å². The van der Waals surface area contributed by atoms with Gasteiger partial charge in [0, 0.05) is 16.5 Å². The summed E-state index contributed by atoms with van der Waals surface area (Å²) in [4.78, 5) is 31.3. The van der Waals surface area contributed by atoms with E-state index in [1.807, 2.05) is 24.3 Å². The first-order chi connectivity index (χ1) is 12.5. The lowest BCUT2D eigenvalue weighted by molar-refractivity contribution is 0.0948. The number of nitrogens with zero attached hydrogens (tertiary/aromatic N) is 1. The molecule has 26 heavy (non-hydrogen) atoms.